The lowest BCUT2D eigenvalue weighted by molar-refractivity contribution is -0.171. The zero-order valence-electron chi connectivity index (χ0n) is 14.2. The van der Waals surface area contributed by atoms with Crippen molar-refractivity contribution < 1.29 is 33.1 Å². The Morgan fingerprint density at radius 3 is 2.38 bits per heavy atom. The number of furan rings is 1. The molecule has 0 saturated heterocycles. The summed E-state index contributed by atoms with van der Waals surface area (Å²) in [5.41, 5.74) is 0.645. The molecule has 1 aromatic heterocycles. The minimum atomic E-state index is -0.775. The van der Waals surface area contributed by atoms with Crippen molar-refractivity contribution in [1.29, 1.82) is 0 Å². The summed E-state index contributed by atoms with van der Waals surface area (Å²) in [6.07, 6.45) is -0.824. The van der Waals surface area contributed by atoms with Crippen molar-refractivity contribution in [3.63, 3.8) is 0 Å². The summed E-state index contributed by atoms with van der Waals surface area (Å²) in [5, 5.41) is 0. The van der Waals surface area contributed by atoms with Crippen molar-refractivity contribution in [2.75, 3.05) is 6.61 Å². The van der Waals surface area contributed by atoms with E-state index < -0.39 is 23.8 Å². The summed E-state index contributed by atoms with van der Waals surface area (Å²) in [6.45, 7) is 2.79. The second-order valence-corrected chi connectivity index (χ2v) is 5.78. The molecule has 3 rings (SSSR count). The Morgan fingerprint density at radius 1 is 1.08 bits per heavy atom. The van der Waals surface area contributed by atoms with Gasteiger partial charge in [-0.15, -0.1) is 0 Å². The largest absolute Gasteiger partial charge is 0.449 e. The highest BCUT2D eigenvalue weighted by atomic mass is 16.7. The smallest absolute Gasteiger partial charge is 0.304 e. The lowest BCUT2D eigenvalue weighted by Crippen LogP contribution is -2.18. The predicted molar refractivity (Wildman–Crippen MR) is 88.1 cm³/mol. The maximum absolute atomic E-state index is 12.5. The SMILES string of the molecule is CC(=O)OC(C)OCCC(=O)c1cc2c(o1)C(=O)c1ccccc1C2=O. The van der Waals surface area contributed by atoms with Gasteiger partial charge in [-0.2, -0.15) is 0 Å². The number of hydrogen-bond acceptors (Lipinski definition) is 7. The molecule has 26 heavy (non-hydrogen) atoms. The van der Waals surface area contributed by atoms with E-state index in [2.05, 4.69) is 0 Å². The molecule has 0 amide bonds. The van der Waals surface area contributed by atoms with Crippen LogP contribution in [-0.4, -0.2) is 36.2 Å². The summed E-state index contributed by atoms with van der Waals surface area (Å²) in [5.74, 6) is -1.87. The molecule has 2 aromatic rings. The second kappa shape index (κ2) is 7.05. The minimum absolute atomic E-state index is 0.000759. The fourth-order valence-electron chi connectivity index (χ4n) is 2.72. The van der Waals surface area contributed by atoms with Gasteiger partial charge >= 0.3 is 5.97 Å². The average molecular weight is 356 g/mol. The molecule has 134 valence electrons. The topological polar surface area (TPSA) is 99.9 Å². The van der Waals surface area contributed by atoms with E-state index in [1.807, 2.05) is 0 Å². The molecule has 0 spiro atoms. The van der Waals surface area contributed by atoms with Gasteiger partial charge in [0.1, 0.15) is 0 Å². The third-order valence-electron chi connectivity index (χ3n) is 3.89. The van der Waals surface area contributed by atoms with E-state index in [9.17, 15) is 19.2 Å². The number of hydrogen-bond donors (Lipinski definition) is 0. The van der Waals surface area contributed by atoms with E-state index in [1.54, 1.807) is 24.3 Å². The molecule has 0 N–H and O–H groups in total. The Kier molecular flexibility index (Phi) is 4.81. The maximum atomic E-state index is 12.5. The lowest BCUT2D eigenvalue weighted by atomic mass is 9.88. The van der Waals surface area contributed by atoms with Crippen LogP contribution in [0, 0.1) is 0 Å². The summed E-state index contributed by atoms with van der Waals surface area (Å²) in [4.78, 5) is 48.0. The minimum Gasteiger partial charge on any atom is -0.449 e. The first-order valence-electron chi connectivity index (χ1n) is 8.02. The molecule has 0 radical (unpaired) electrons. The van der Waals surface area contributed by atoms with Gasteiger partial charge in [0, 0.05) is 24.5 Å². The molecule has 0 bridgehead atoms. The molecule has 0 aliphatic heterocycles. The van der Waals surface area contributed by atoms with Crippen LogP contribution in [0.5, 0.6) is 0 Å². The Morgan fingerprint density at radius 2 is 1.73 bits per heavy atom. The number of esters is 1. The average Bonchev–Trinajstić information content (AvgIpc) is 3.05. The Labute approximate surface area is 148 Å². The zero-order valence-corrected chi connectivity index (χ0v) is 14.2. The van der Waals surface area contributed by atoms with E-state index in [1.165, 1.54) is 19.9 Å². The van der Waals surface area contributed by atoms with Crippen molar-refractivity contribution in [3.8, 4) is 0 Å². The van der Waals surface area contributed by atoms with Crippen LogP contribution in [0.25, 0.3) is 0 Å². The van der Waals surface area contributed by atoms with E-state index in [4.69, 9.17) is 13.9 Å². The van der Waals surface area contributed by atoms with Crippen LogP contribution in [-0.2, 0) is 14.3 Å². The highest BCUT2D eigenvalue weighted by molar-refractivity contribution is 6.27. The maximum Gasteiger partial charge on any atom is 0.304 e. The van der Waals surface area contributed by atoms with Crippen molar-refractivity contribution in [3.05, 3.63) is 58.5 Å². The number of carbonyl (C=O) groups excluding carboxylic acids is 4. The number of ketones is 3. The van der Waals surface area contributed by atoms with Crippen molar-refractivity contribution in [2.24, 2.45) is 0 Å². The van der Waals surface area contributed by atoms with Crippen molar-refractivity contribution in [1.82, 2.24) is 0 Å². The van der Waals surface area contributed by atoms with E-state index >= 15 is 0 Å². The van der Waals surface area contributed by atoms with Gasteiger partial charge in [0.15, 0.2) is 29.4 Å². The monoisotopic (exact) mass is 356 g/mol. The molecular formula is C19H16O7. The van der Waals surface area contributed by atoms with E-state index in [0.29, 0.717) is 5.56 Å². The summed E-state index contributed by atoms with van der Waals surface area (Å²) in [6, 6.07) is 7.74. The fraction of sp³-hybridized carbons (Fsp3) is 0.263. The molecular weight excluding hydrogens is 340 g/mol. The van der Waals surface area contributed by atoms with Crippen LogP contribution < -0.4 is 0 Å². The molecule has 1 aliphatic carbocycles. The number of rotatable bonds is 6. The van der Waals surface area contributed by atoms with Gasteiger partial charge < -0.3 is 13.9 Å². The second-order valence-electron chi connectivity index (χ2n) is 5.78. The van der Waals surface area contributed by atoms with Gasteiger partial charge in [-0.1, -0.05) is 24.3 Å². The van der Waals surface area contributed by atoms with Gasteiger partial charge in [0.05, 0.1) is 12.2 Å². The molecule has 1 aromatic carbocycles. The third-order valence-corrected chi connectivity index (χ3v) is 3.89. The van der Waals surface area contributed by atoms with E-state index in [-0.39, 0.29) is 41.5 Å². The molecule has 7 heteroatoms. The highest BCUT2D eigenvalue weighted by Crippen LogP contribution is 2.29. The Hall–Kier alpha value is -3.06. The quantitative estimate of drug-likeness (QED) is 0.380. The number of ether oxygens (including phenoxy) is 2. The number of benzene rings is 1. The van der Waals surface area contributed by atoms with Gasteiger partial charge in [-0.3, -0.25) is 19.2 Å². The van der Waals surface area contributed by atoms with Crippen LogP contribution in [0.15, 0.2) is 34.7 Å². The Bertz CT molecular complexity index is 854. The van der Waals surface area contributed by atoms with E-state index in [0.717, 1.165) is 0 Å². The summed E-state index contributed by atoms with van der Waals surface area (Å²) < 4.78 is 15.4. The van der Waals surface area contributed by atoms with Crippen LogP contribution in [0.1, 0.15) is 62.9 Å². The molecule has 1 unspecified atom stereocenters. The molecule has 1 atom stereocenters. The number of Topliss-reactive ketones (excluding diaryl/α,β-unsaturated/α-hetero) is 1. The molecule has 0 fully saturated rings. The Balaban J connectivity index is 1.72. The predicted octanol–water partition coefficient (Wildman–Crippen LogP) is 2.55. The van der Waals surface area contributed by atoms with Crippen LogP contribution in [0.3, 0.4) is 0 Å². The number of fused-ring (bicyclic) bond motifs is 2. The van der Waals surface area contributed by atoms with Crippen LogP contribution >= 0.6 is 0 Å². The normalized spacial score (nSPS) is 13.8. The van der Waals surface area contributed by atoms with Gasteiger partial charge in [-0.25, -0.2) is 0 Å². The summed E-state index contributed by atoms with van der Waals surface area (Å²) in [7, 11) is 0. The number of carbonyl (C=O) groups is 4. The zero-order chi connectivity index (χ0) is 18.8. The summed E-state index contributed by atoms with van der Waals surface area (Å²) >= 11 is 0. The molecule has 7 nitrogen and oxygen atoms in total. The van der Waals surface area contributed by atoms with Gasteiger partial charge in [0.25, 0.3) is 0 Å². The standard InChI is InChI=1S/C19H16O7/c1-10(20)25-11(2)24-8-7-15(21)16-9-14-17(22)12-5-3-4-6-13(12)18(23)19(14)26-16/h3-6,9,11H,7-8H2,1-2H3. The molecule has 1 aliphatic rings. The first kappa shape index (κ1) is 17.8. The van der Waals surface area contributed by atoms with Crippen LogP contribution in [0.4, 0.5) is 0 Å². The fourth-order valence-corrected chi connectivity index (χ4v) is 2.72. The third kappa shape index (κ3) is 3.34. The van der Waals surface area contributed by atoms with Crippen molar-refractivity contribution >= 4 is 23.3 Å². The first-order valence-corrected chi connectivity index (χ1v) is 8.02. The highest BCUT2D eigenvalue weighted by Gasteiger charge is 2.34. The van der Waals surface area contributed by atoms with Crippen molar-refractivity contribution in [2.45, 2.75) is 26.6 Å². The first-order chi connectivity index (χ1) is 12.4. The van der Waals surface area contributed by atoms with Gasteiger partial charge in [-0.05, 0) is 13.0 Å². The molecule has 1 heterocycles. The molecule has 0 saturated carbocycles. The lowest BCUT2D eigenvalue weighted by Gasteiger charge is -2.12. The van der Waals surface area contributed by atoms with Crippen LogP contribution in [0.2, 0.25) is 0 Å². The van der Waals surface area contributed by atoms with Gasteiger partial charge in [0.2, 0.25) is 5.78 Å².